The molecule has 4 heteroatoms. The molecule has 0 spiro atoms. The van der Waals surface area contributed by atoms with Crippen LogP contribution in [-0.2, 0) is 9.59 Å². The second kappa shape index (κ2) is 2.85. The lowest BCUT2D eigenvalue weighted by molar-refractivity contribution is -0.184. The fourth-order valence-corrected chi connectivity index (χ4v) is 5.05. The summed E-state index contributed by atoms with van der Waals surface area (Å²) < 4.78 is 0. The summed E-state index contributed by atoms with van der Waals surface area (Å²) in [6, 6.07) is 0. The van der Waals surface area contributed by atoms with Gasteiger partial charge >= 0.3 is 11.9 Å². The van der Waals surface area contributed by atoms with Crippen molar-refractivity contribution in [1.82, 2.24) is 0 Å². The highest BCUT2D eigenvalue weighted by Crippen LogP contribution is 2.70. The van der Waals surface area contributed by atoms with Gasteiger partial charge in [-0.25, -0.2) is 0 Å². The highest BCUT2D eigenvalue weighted by atomic mass is 16.4. The summed E-state index contributed by atoms with van der Waals surface area (Å²) in [4.78, 5) is 23.1. The highest BCUT2D eigenvalue weighted by Gasteiger charge is 2.67. The molecular formula is C13H17O4. The molecule has 0 amide bonds. The van der Waals surface area contributed by atoms with Crippen LogP contribution in [-0.4, -0.2) is 22.2 Å². The third kappa shape index (κ3) is 1.30. The summed E-state index contributed by atoms with van der Waals surface area (Å²) in [5, 5.41) is 19.0. The Balaban J connectivity index is 2.09. The Morgan fingerprint density at radius 2 is 1.41 bits per heavy atom. The van der Waals surface area contributed by atoms with Crippen LogP contribution >= 0.6 is 0 Å². The lowest BCUT2D eigenvalue weighted by Gasteiger charge is -2.62. The quantitative estimate of drug-likeness (QED) is 0.771. The molecule has 1 radical (unpaired) electrons. The van der Waals surface area contributed by atoms with E-state index in [1.807, 2.05) is 0 Å². The van der Waals surface area contributed by atoms with Crippen molar-refractivity contribution in [1.29, 1.82) is 0 Å². The van der Waals surface area contributed by atoms with Crippen LogP contribution in [0.15, 0.2) is 0 Å². The van der Waals surface area contributed by atoms with E-state index in [4.69, 9.17) is 0 Å². The number of aliphatic carboxylic acids is 2. The zero-order chi connectivity index (χ0) is 12.5. The molecule has 0 saturated heterocycles. The summed E-state index contributed by atoms with van der Waals surface area (Å²) in [7, 11) is 0. The lowest BCUT2D eigenvalue weighted by Crippen LogP contribution is -2.60. The van der Waals surface area contributed by atoms with Gasteiger partial charge in [0.2, 0.25) is 0 Å². The maximum atomic E-state index is 11.6. The molecule has 4 bridgehead atoms. The molecule has 2 atom stereocenters. The maximum absolute atomic E-state index is 11.6. The van der Waals surface area contributed by atoms with E-state index in [0.717, 1.165) is 6.42 Å². The molecule has 17 heavy (non-hydrogen) atoms. The molecule has 0 aliphatic heterocycles. The second-order valence-corrected chi connectivity index (χ2v) is 6.79. The van der Waals surface area contributed by atoms with E-state index in [1.54, 1.807) is 0 Å². The fourth-order valence-electron chi connectivity index (χ4n) is 5.05. The van der Waals surface area contributed by atoms with Gasteiger partial charge in [0, 0.05) is 0 Å². The Morgan fingerprint density at radius 1 is 0.941 bits per heavy atom. The van der Waals surface area contributed by atoms with E-state index in [1.165, 1.54) is 5.92 Å². The molecule has 2 N–H and O–H groups in total. The first kappa shape index (κ1) is 11.1. The average molecular weight is 237 g/mol. The van der Waals surface area contributed by atoms with E-state index in [0.29, 0.717) is 32.1 Å². The molecule has 0 heterocycles. The van der Waals surface area contributed by atoms with Crippen LogP contribution in [0.3, 0.4) is 0 Å². The average Bonchev–Trinajstić information content (AvgIpc) is 2.12. The predicted molar refractivity (Wildman–Crippen MR) is 59.2 cm³/mol. The first-order chi connectivity index (χ1) is 7.79. The van der Waals surface area contributed by atoms with Gasteiger partial charge < -0.3 is 10.2 Å². The molecule has 4 aliphatic rings. The van der Waals surface area contributed by atoms with Crippen molar-refractivity contribution >= 4 is 11.9 Å². The third-order valence-electron chi connectivity index (χ3n) is 4.97. The van der Waals surface area contributed by atoms with Crippen molar-refractivity contribution in [3.05, 3.63) is 5.92 Å². The van der Waals surface area contributed by atoms with Crippen LogP contribution in [0.1, 0.15) is 45.4 Å². The minimum absolute atomic E-state index is 0.110. The van der Waals surface area contributed by atoms with Gasteiger partial charge in [0.15, 0.2) is 0 Å². The van der Waals surface area contributed by atoms with Crippen LogP contribution in [0, 0.1) is 22.2 Å². The Morgan fingerprint density at radius 3 is 1.76 bits per heavy atom. The van der Waals surface area contributed by atoms with E-state index >= 15 is 0 Å². The number of carboxylic acids is 2. The van der Waals surface area contributed by atoms with Crippen molar-refractivity contribution in [2.24, 2.45) is 16.2 Å². The molecule has 0 aromatic heterocycles. The molecule has 0 aromatic rings. The molecule has 4 rings (SSSR count). The van der Waals surface area contributed by atoms with Crippen molar-refractivity contribution in [3.8, 4) is 0 Å². The van der Waals surface area contributed by atoms with Gasteiger partial charge in [-0.3, -0.25) is 9.59 Å². The Labute approximate surface area is 100 Å². The van der Waals surface area contributed by atoms with Gasteiger partial charge in [0.05, 0.1) is 10.8 Å². The van der Waals surface area contributed by atoms with Crippen molar-refractivity contribution in [3.63, 3.8) is 0 Å². The Kier molecular flexibility index (Phi) is 1.85. The normalized spacial score (nSPS) is 48.3. The van der Waals surface area contributed by atoms with Crippen LogP contribution < -0.4 is 0 Å². The number of hydrogen-bond acceptors (Lipinski definition) is 2. The Hall–Kier alpha value is -1.06. The van der Waals surface area contributed by atoms with E-state index in [-0.39, 0.29) is 5.41 Å². The Bertz CT molecular complexity index is 384. The SMILES string of the molecule is CC12C[C]3CC(C(=O)O)(C1)CC(C(=O)O)(C3)C2. The zero-order valence-electron chi connectivity index (χ0n) is 9.95. The van der Waals surface area contributed by atoms with E-state index in [9.17, 15) is 19.8 Å². The van der Waals surface area contributed by atoms with Crippen molar-refractivity contribution in [2.45, 2.75) is 45.4 Å². The van der Waals surface area contributed by atoms with Crippen LogP contribution in [0.2, 0.25) is 0 Å². The van der Waals surface area contributed by atoms with Gasteiger partial charge in [-0.1, -0.05) is 6.92 Å². The molecule has 4 nitrogen and oxygen atoms in total. The highest BCUT2D eigenvalue weighted by molar-refractivity contribution is 5.82. The lowest BCUT2D eigenvalue weighted by atomic mass is 9.40. The second-order valence-electron chi connectivity index (χ2n) is 6.79. The van der Waals surface area contributed by atoms with Crippen molar-refractivity contribution < 1.29 is 19.8 Å². The molecule has 2 unspecified atom stereocenters. The van der Waals surface area contributed by atoms with Crippen LogP contribution in [0.4, 0.5) is 0 Å². The summed E-state index contributed by atoms with van der Waals surface area (Å²) in [5.74, 6) is -0.432. The maximum Gasteiger partial charge on any atom is 0.309 e. The number of carbonyl (C=O) groups is 2. The third-order valence-corrected chi connectivity index (χ3v) is 4.97. The topological polar surface area (TPSA) is 74.6 Å². The monoisotopic (exact) mass is 237 g/mol. The summed E-state index contributed by atoms with van der Waals surface area (Å²) in [6.07, 6.45) is 3.75. The first-order valence-electron chi connectivity index (χ1n) is 6.10. The largest absolute Gasteiger partial charge is 0.481 e. The number of carboxylic acid groups (broad SMARTS) is 2. The molecule has 4 fully saturated rings. The van der Waals surface area contributed by atoms with Gasteiger partial charge in [0.25, 0.3) is 0 Å². The van der Waals surface area contributed by atoms with E-state index < -0.39 is 22.8 Å². The van der Waals surface area contributed by atoms with Crippen LogP contribution in [0.5, 0.6) is 0 Å². The van der Waals surface area contributed by atoms with E-state index in [2.05, 4.69) is 6.92 Å². The number of hydrogen-bond donors (Lipinski definition) is 2. The summed E-state index contributed by atoms with van der Waals surface area (Å²) in [5.41, 5.74) is -1.70. The minimum atomic E-state index is -0.800. The van der Waals surface area contributed by atoms with Gasteiger partial charge in [-0.2, -0.15) is 0 Å². The molecule has 4 saturated carbocycles. The molecular weight excluding hydrogens is 220 g/mol. The van der Waals surface area contributed by atoms with Gasteiger partial charge in [0.1, 0.15) is 0 Å². The fraction of sp³-hybridized carbons (Fsp3) is 0.769. The summed E-state index contributed by atoms with van der Waals surface area (Å²) >= 11 is 0. The molecule has 93 valence electrons. The smallest absolute Gasteiger partial charge is 0.309 e. The molecule has 0 aromatic carbocycles. The zero-order valence-corrected chi connectivity index (χ0v) is 9.95. The predicted octanol–water partition coefficient (Wildman–Crippen LogP) is 2.09. The van der Waals surface area contributed by atoms with Crippen LogP contribution in [0.25, 0.3) is 0 Å². The van der Waals surface area contributed by atoms with Gasteiger partial charge in [-0.15, -0.1) is 0 Å². The number of rotatable bonds is 2. The molecule has 4 aliphatic carbocycles. The van der Waals surface area contributed by atoms with Crippen molar-refractivity contribution in [2.75, 3.05) is 0 Å². The first-order valence-corrected chi connectivity index (χ1v) is 6.10. The standard InChI is InChI=1S/C13H17O4/c1-11-2-8-3-12(5-11,9(14)15)7-13(4-8,6-11)10(16)17/h2-7H2,1H3,(H,14,15)(H,16,17). The van der Waals surface area contributed by atoms with Gasteiger partial charge in [-0.05, 0) is 49.9 Å². The minimum Gasteiger partial charge on any atom is -0.481 e. The summed E-state index contributed by atoms with van der Waals surface area (Å²) in [6.45, 7) is 2.06.